The average Bonchev–Trinajstić information content (AvgIpc) is 3.55. The minimum absolute atomic E-state index is 0.115. The molecule has 5 aromatic rings. The van der Waals surface area contributed by atoms with Gasteiger partial charge in [-0.05, 0) is 104 Å². The van der Waals surface area contributed by atoms with Gasteiger partial charge in [-0.15, -0.1) is 0 Å². The molecule has 38 heavy (non-hydrogen) atoms. The third-order valence-corrected chi connectivity index (χ3v) is 7.21. The quantitative estimate of drug-likeness (QED) is 0.237. The van der Waals surface area contributed by atoms with Crippen LogP contribution >= 0.6 is 12.2 Å². The van der Waals surface area contributed by atoms with E-state index >= 15 is 0 Å². The van der Waals surface area contributed by atoms with Gasteiger partial charge in [0.05, 0.1) is 11.7 Å². The highest BCUT2D eigenvalue weighted by molar-refractivity contribution is 7.80. The third-order valence-electron chi connectivity index (χ3n) is 6.90. The molecule has 6 rings (SSSR count). The number of aryl methyl sites for hydroxylation is 2. The summed E-state index contributed by atoms with van der Waals surface area (Å²) in [7, 11) is 0. The molecule has 1 aliphatic heterocycles. The van der Waals surface area contributed by atoms with Crippen LogP contribution in [0.15, 0.2) is 116 Å². The first kappa shape index (κ1) is 23.9. The Morgan fingerprint density at radius 3 is 2.39 bits per heavy atom. The maximum absolute atomic E-state index is 6.15. The zero-order valence-electron chi connectivity index (χ0n) is 21.3. The number of nitrogens with zero attached hydrogens (tertiary/aromatic N) is 3. The second-order valence-corrected chi connectivity index (χ2v) is 9.89. The van der Waals surface area contributed by atoms with Crippen molar-refractivity contribution in [3.8, 4) is 17.2 Å². The third kappa shape index (κ3) is 4.55. The summed E-state index contributed by atoms with van der Waals surface area (Å²) in [5.41, 5.74) is 6.48. The molecule has 0 radical (unpaired) electrons. The number of benzene rings is 3. The van der Waals surface area contributed by atoms with E-state index in [0.29, 0.717) is 5.11 Å². The number of aromatic nitrogens is 2. The molecule has 1 saturated heterocycles. The van der Waals surface area contributed by atoms with E-state index in [1.807, 2.05) is 61.7 Å². The Labute approximate surface area is 228 Å². The first-order valence-corrected chi connectivity index (χ1v) is 13.1. The lowest BCUT2D eigenvalue weighted by Gasteiger charge is -2.29. The first-order valence-electron chi connectivity index (χ1n) is 12.7. The van der Waals surface area contributed by atoms with Gasteiger partial charge in [0.25, 0.3) is 0 Å². The Bertz CT molecular complexity index is 1580. The van der Waals surface area contributed by atoms with Crippen molar-refractivity contribution in [3.05, 3.63) is 138 Å². The smallest absolute Gasteiger partial charge is 0.174 e. The molecular weight excluding hydrogens is 488 g/mol. The predicted octanol–water partition coefficient (Wildman–Crippen LogP) is 7.46. The molecule has 3 aromatic carbocycles. The maximum atomic E-state index is 6.15. The number of hydrogen-bond donors (Lipinski definition) is 1. The van der Waals surface area contributed by atoms with Crippen LogP contribution in [0, 0.1) is 13.8 Å². The molecular formula is C32H28N4OS. The van der Waals surface area contributed by atoms with Gasteiger partial charge >= 0.3 is 0 Å². The van der Waals surface area contributed by atoms with Gasteiger partial charge < -0.3 is 19.5 Å². The molecule has 6 heteroatoms. The summed E-state index contributed by atoms with van der Waals surface area (Å²) in [6.45, 7) is 4.16. The monoisotopic (exact) mass is 516 g/mol. The molecule has 2 aromatic heterocycles. The molecule has 0 unspecified atom stereocenters. The fraction of sp³-hybridized carbons (Fsp3) is 0.125. The van der Waals surface area contributed by atoms with Crippen molar-refractivity contribution in [3.63, 3.8) is 0 Å². The second kappa shape index (κ2) is 10.1. The minimum Gasteiger partial charge on any atom is -0.457 e. The van der Waals surface area contributed by atoms with Crippen LogP contribution in [0.2, 0.25) is 0 Å². The van der Waals surface area contributed by atoms with Gasteiger partial charge in [-0.1, -0.05) is 36.4 Å². The summed E-state index contributed by atoms with van der Waals surface area (Å²) in [5.74, 6) is 1.63. The average molecular weight is 517 g/mol. The van der Waals surface area contributed by atoms with Crippen LogP contribution in [0.3, 0.4) is 0 Å². The molecule has 5 nitrogen and oxygen atoms in total. The van der Waals surface area contributed by atoms with Crippen molar-refractivity contribution in [2.24, 2.45) is 0 Å². The van der Waals surface area contributed by atoms with Crippen molar-refractivity contribution in [2.75, 3.05) is 4.90 Å². The summed E-state index contributed by atoms with van der Waals surface area (Å²) in [6, 6.07) is 34.7. The lowest BCUT2D eigenvalue weighted by Crippen LogP contribution is -2.30. The molecule has 1 aliphatic rings. The standard InChI is InChI=1S/C32H28N4OS/c1-22-9-7-11-25(21-22)35-20-8-13-28(35)31-30(27-12-5-6-19-33-27)34-32(38)36(31)24-15-17-26(18-16-24)37-29-14-4-3-10-23(29)2/h3-21,30-31H,1-2H3,(H,34,38)/t30-,31+/m0/s1. The van der Waals surface area contributed by atoms with Crippen LogP contribution in [-0.4, -0.2) is 14.7 Å². The van der Waals surface area contributed by atoms with Gasteiger partial charge in [-0.25, -0.2) is 0 Å². The minimum atomic E-state index is -0.120. The van der Waals surface area contributed by atoms with Crippen LogP contribution in [0.1, 0.15) is 34.6 Å². The molecule has 2 atom stereocenters. The molecule has 0 bridgehead atoms. The molecule has 0 amide bonds. The fourth-order valence-electron chi connectivity index (χ4n) is 5.05. The fourth-order valence-corrected chi connectivity index (χ4v) is 5.40. The number of nitrogens with one attached hydrogen (secondary N) is 1. The van der Waals surface area contributed by atoms with Gasteiger partial charge in [0, 0.05) is 29.5 Å². The summed E-state index contributed by atoms with van der Waals surface area (Å²) in [6.07, 6.45) is 3.94. The van der Waals surface area contributed by atoms with E-state index in [1.54, 1.807) is 0 Å². The van der Waals surface area contributed by atoms with Gasteiger partial charge in [-0.3, -0.25) is 4.98 Å². The van der Waals surface area contributed by atoms with E-state index in [9.17, 15) is 0 Å². The van der Waals surface area contributed by atoms with Crippen molar-refractivity contribution in [1.82, 2.24) is 14.9 Å². The largest absolute Gasteiger partial charge is 0.457 e. The zero-order valence-corrected chi connectivity index (χ0v) is 22.1. The summed E-state index contributed by atoms with van der Waals surface area (Å²) >= 11 is 5.93. The number of anilines is 1. The summed E-state index contributed by atoms with van der Waals surface area (Å²) < 4.78 is 8.39. The van der Waals surface area contributed by atoms with Crippen molar-refractivity contribution >= 4 is 23.0 Å². The number of rotatable bonds is 6. The van der Waals surface area contributed by atoms with E-state index < -0.39 is 0 Å². The van der Waals surface area contributed by atoms with Crippen LogP contribution in [0.25, 0.3) is 5.69 Å². The Balaban J connectivity index is 1.40. The number of hydrogen-bond acceptors (Lipinski definition) is 3. The zero-order chi connectivity index (χ0) is 26.1. The highest BCUT2D eigenvalue weighted by atomic mass is 32.1. The van der Waals surface area contributed by atoms with E-state index in [-0.39, 0.29) is 12.1 Å². The number of pyridine rings is 1. The van der Waals surface area contributed by atoms with Crippen LogP contribution in [0.5, 0.6) is 11.5 Å². The van der Waals surface area contributed by atoms with E-state index in [1.165, 1.54) is 5.56 Å². The lowest BCUT2D eigenvalue weighted by molar-refractivity contribution is 0.479. The SMILES string of the molecule is Cc1cccc(-n2cccc2[C@@H]2[C@H](c3ccccn3)NC(=S)N2c2ccc(Oc3ccccc3C)cc2)c1. The van der Waals surface area contributed by atoms with Crippen LogP contribution < -0.4 is 15.0 Å². The normalized spacial score (nSPS) is 16.9. The number of thiocarbonyl (C=S) groups is 1. The molecule has 1 N–H and O–H groups in total. The van der Waals surface area contributed by atoms with Gasteiger partial charge in [-0.2, -0.15) is 0 Å². The van der Waals surface area contributed by atoms with Gasteiger partial charge in [0.1, 0.15) is 17.5 Å². The summed E-state index contributed by atoms with van der Waals surface area (Å²) in [4.78, 5) is 6.88. The van der Waals surface area contributed by atoms with Crippen molar-refractivity contribution < 1.29 is 4.74 Å². The van der Waals surface area contributed by atoms with Gasteiger partial charge in [0.15, 0.2) is 5.11 Å². The lowest BCUT2D eigenvalue weighted by atomic mass is 10.0. The molecule has 0 spiro atoms. The first-order chi connectivity index (χ1) is 18.6. The molecule has 3 heterocycles. The molecule has 0 saturated carbocycles. The predicted molar refractivity (Wildman–Crippen MR) is 156 cm³/mol. The van der Waals surface area contributed by atoms with E-state index in [2.05, 4.69) is 82.5 Å². The Morgan fingerprint density at radius 2 is 1.63 bits per heavy atom. The molecule has 1 fully saturated rings. The highest BCUT2D eigenvalue weighted by Gasteiger charge is 2.42. The number of para-hydroxylation sites is 1. The second-order valence-electron chi connectivity index (χ2n) is 9.50. The Hall–Kier alpha value is -4.42. The topological polar surface area (TPSA) is 42.3 Å². The molecule has 188 valence electrons. The highest BCUT2D eigenvalue weighted by Crippen LogP contribution is 2.42. The van der Waals surface area contributed by atoms with E-state index in [4.69, 9.17) is 21.9 Å². The number of ether oxygens (including phenoxy) is 1. The molecule has 0 aliphatic carbocycles. The Kier molecular flexibility index (Phi) is 6.40. The van der Waals surface area contributed by atoms with E-state index in [0.717, 1.165) is 39.8 Å². The van der Waals surface area contributed by atoms with Gasteiger partial charge in [0.2, 0.25) is 0 Å². The maximum Gasteiger partial charge on any atom is 0.174 e. The van der Waals surface area contributed by atoms with Crippen molar-refractivity contribution in [2.45, 2.75) is 25.9 Å². The summed E-state index contributed by atoms with van der Waals surface area (Å²) in [5, 5.41) is 4.22. The Morgan fingerprint density at radius 1 is 0.816 bits per heavy atom. The van der Waals surface area contributed by atoms with Crippen LogP contribution in [0.4, 0.5) is 5.69 Å². The van der Waals surface area contributed by atoms with Crippen molar-refractivity contribution in [1.29, 1.82) is 0 Å². The van der Waals surface area contributed by atoms with Crippen LogP contribution in [-0.2, 0) is 0 Å².